The number of likely N-dealkylation sites (tertiary alicyclic amines) is 1. The second-order valence-corrected chi connectivity index (χ2v) is 4.91. The van der Waals surface area contributed by atoms with Crippen LogP contribution in [0.15, 0.2) is 24.3 Å². The largest absolute Gasteiger partial charge is 0.396 e. The molecule has 1 heterocycles. The molecule has 0 bridgehead atoms. The molecule has 0 aliphatic carbocycles. The molecule has 0 spiro atoms. The number of piperidine rings is 1. The predicted octanol–water partition coefficient (Wildman–Crippen LogP) is 2.23. The predicted molar refractivity (Wildman–Crippen MR) is 71.6 cm³/mol. The van der Waals surface area contributed by atoms with Crippen molar-refractivity contribution in [2.45, 2.75) is 19.8 Å². The number of hydrogen-bond acceptors (Lipinski definition) is 2. The SMILES string of the molecule is Cc1ccc(NC(=O)N2CCC(CO)CC2)cc1. The molecule has 4 nitrogen and oxygen atoms in total. The first-order chi connectivity index (χ1) is 8.69. The maximum absolute atomic E-state index is 12.0. The van der Waals surface area contributed by atoms with Crippen LogP contribution in [0.4, 0.5) is 10.5 Å². The number of amides is 2. The van der Waals surface area contributed by atoms with Crippen LogP contribution < -0.4 is 5.32 Å². The van der Waals surface area contributed by atoms with Gasteiger partial charge in [0, 0.05) is 25.4 Å². The van der Waals surface area contributed by atoms with Gasteiger partial charge < -0.3 is 15.3 Å². The Balaban J connectivity index is 1.87. The first-order valence-corrected chi connectivity index (χ1v) is 6.42. The van der Waals surface area contributed by atoms with E-state index in [1.807, 2.05) is 36.1 Å². The van der Waals surface area contributed by atoms with Crippen LogP contribution in [-0.2, 0) is 0 Å². The lowest BCUT2D eigenvalue weighted by Crippen LogP contribution is -2.41. The standard InChI is InChI=1S/C14H20N2O2/c1-11-2-4-13(5-3-11)15-14(18)16-8-6-12(10-17)7-9-16/h2-5,12,17H,6-10H2,1H3,(H,15,18). The van der Waals surface area contributed by atoms with Crippen molar-refractivity contribution >= 4 is 11.7 Å². The summed E-state index contributed by atoms with van der Waals surface area (Å²) in [6.07, 6.45) is 1.77. The number of nitrogens with one attached hydrogen (secondary N) is 1. The van der Waals surface area contributed by atoms with Gasteiger partial charge in [0.25, 0.3) is 0 Å². The second kappa shape index (κ2) is 5.87. The average Bonchev–Trinajstić information content (AvgIpc) is 2.41. The third kappa shape index (κ3) is 3.23. The second-order valence-electron chi connectivity index (χ2n) is 4.91. The van der Waals surface area contributed by atoms with E-state index in [0.717, 1.165) is 31.6 Å². The van der Waals surface area contributed by atoms with Gasteiger partial charge in [-0.2, -0.15) is 0 Å². The fourth-order valence-corrected chi connectivity index (χ4v) is 2.16. The van der Waals surface area contributed by atoms with E-state index < -0.39 is 0 Å². The summed E-state index contributed by atoms with van der Waals surface area (Å²) in [4.78, 5) is 13.8. The van der Waals surface area contributed by atoms with E-state index in [0.29, 0.717) is 5.92 Å². The zero-order valence-corrected chi connectivity index (χ0v) is 10.7. The molecule has 1 aliphatic rings. The highest BCUT2D eigenvalue weighted by Gasteiger charge is 2.22. The van der Waals surface area contributed by atoms with Crippen molar-refractivity contribution in [2.75, 3.05) is 25.0 Å². The molecule has 4 heteroatoms. The summed E-state index contributed by atoms with van der Waals surface area (Å²) in [5.74, 6) is 0.355. The van der Waals surface area contributed by atoms with Crippen molar-refractivity contribution in [2.24, 2.45) is 5.92 Å². The van der Waals surface area contributed by atoms with Crippen LogP contribution in [0.1, 0.15) is 18.4 Å². The number of benzene rings is 1. The number of aliphatic hydroxyl groups excluding tert-OH is 1. The van der Waals surface area contributed by atoms with Gasteiger partial charge >= 0.3 is 6.03 Å². The number of aliphatic hydroxyl groups is 1. The first-order valence-electron chi connectivity index (χ1n) is 6.42. The van der Waals surface area contributed by atoms with Crippen molar-refractivity contribution in [1.29, 1.82) is 0 Å². The molecule has 0 atom stereocenters. The summed E-state index contributed by atoms with van der Waals surface area (Å²) in [6, 6.07) is 7.73. The normalized spacial score (nSPS) is 16.7. The molecule has 0 aromatic heterocycles. The Labute approximate surface area is 108 Å². The number of hydrogen-bond donors (Lipinski definition) is 2. The molecule has 1 aliphatic heterocycles. The van der Waals surface area contributed by atoms with Crippen LogP contribution in [0, 0.1) is 12.8 Å². The number of anilines is 1. The Hall–Kier alpha value is -1.55. The van der Waals surface area contributed by atoms with Crippen molar-refractivity contribution < 1.29 is 9.90 Å². The van der Waals surface area contributed by atoms with E-state index in [9.17, 15) is 4.79 Å². The monoisotopic (exact) mass is 248 g/mol. The number of aryl methyl sites for hydroxylation is 1. The van der Waals surface area contributed by atoms with Gasteiger partial charge in [-0.25, -0.2) is 4.79 Å². The van der Waals surface area contributed by atoms with Crippen LogP contribution in [0.3, 0.4) is 0 Å². The van der Waals surface area contributed by atoms with Crippen molar-refractivity contribution in [3.05, 3.63) is 29.8 Å². The van der Waals surface area contributed by atoms with Crippen LogP contribution in [0.25, 0.3) is 0 Å². The molecular formula is C14H20N2O2. The van der Waals surface area contributed by atoms with Gasteiger partial charge in [-0.3, -0.25) is 0 Å². The maximum atomic E-state index is 12.0. The van der Waals surface area contributed by atoms with Crippen molar-refractivity contribution in [3.8, 4) is 0 Å². The number of carbonyl (C=O) groups excluding carboxylic acids is 1. The van der Waals surface area contributed by atoms with E-state index in [4.69, 9.17) is 5.11 Å². The molecule has 2 rings (SSSR count). The molecule has 1 aromatic carbocycles. The van der Waals surface area contributed by atoms with Gasteiger partial charge in [0.05, 0.1) is 0 Å². The Bertz CT molecular complexity index is 395. The molecule has 1 saturated heterocycles. The molecule has 2 amide bonds. The Morgan fingerprint density at radius 2 is 1.94 bits per heavy atom. The third-order valence-corrected chi connectivity index (χ3v) is 3.46. The summed E-state index contributed by atoms with van der Waals surface area (Å²) in [5.41, 5.74) is 2.01. The molecule has 1 fully saturated rings. The minimum Gasteiger partial charge on any atom is -0.396 e. The molecule has 0 radical (unpaired) electrons. The molecule has 18 heavy (non-hydrogen) atoms. The van der Waals surface area contributed by atoms with E-state index in [1.165, 1.54) is 5.56 Å². The van der Waals surface area contributed by atoms with Gasteiger partial charge in [-0.15, -0.1) is 0 Å². The molecule has 2 N–H and O–H groups in total. The molecule has 98 valence electrons. The van der Waals surface area contributed by atoms with Gasteiger partial charge in [0.1, 0.15) is 0 Å². The number of urea groups is 1. The van der Waals surface area contributed by atoms with Crippen LogP contribution >= 0.6 is 0 Å². The van der Waals surface area contributed by atoms with Crippen LogP contribution in [0.5, 0.6) is 0 Å². The van der Waals surface area contributed by atoms with Gasteiger partial charge in [0.15, 0.2) is 0 Å². The van der Waals surface area contributed by atoms with Gasteiger partial charge in [-0.05, 0) is 37.8 Å². The fourth-order valence-electron chi connectivity index (χ4n) is 2.16. The average molecular weight is 248 g/mol. The quantitative estimate of drug-likeness (QED) is 0.843. The first kappa shape index (κ1) is 12.9. The van der Waals surface area contributed by atoms with E-state index in [1.54, 1.807) is 0 Å². The summed E-state index contributed by atoms with van der Waals surface area (Å²) in [6.45, 7) is 3.70. The highest BCUT2D eigenvalue weighted by Crippen LogP contribution is 2.17. The Morgan fingerprint density at radius 3 is 2.50 bits per heavy atom. The number of carbonyl (C=O) groups is 1. The lowest BCUT2D eigenvalue weighted by Gasteiger charge is -2.31. The number of nitrogens with zero attached hydrogens (tertiary/aromatic N) is 1. The van der Waals surface area contributed by atoms with Crippen molar-refractivity contribution in [3.63, 3.8) is 0 Å². The van der Waals surface area contributed by atoms with E-state index in [2.05, 4.69) is 5.32 Å². The van der Waals surface area contributed by atoms with Gasteiger partial charge in [0.2, 0.25) is 0 Å². The topological polar surface area (TPSA) is 52.6 Å². The lowest BCUT2D eigenvalue weighted by molar-refractivity contribution is 0.143. The van der Waals surface area contributed by atoms with Crippen LogP contribution in [-0.4, -0.2) is 35.7 Å². The zero-order valence-electron chi connectivity index (χ0n) is 10.7. The zero-order chi connectivity index (χ0) is 13.0. The Kier molecular flexibility index (Phi) is 4.20. The summed E-state index contributed by atoms with van der Waals surface area (Å²) in [5, 5.41) is 12.0. The Morgan fingerprint density at radius 1 is 1.33 bits per heavy atom. The van der Waals surface area contributed by atoms with Crippen LogP contribution in [0.2, 0.25) is 0 Å². The summed E-state index contributed by atoms with van der Waals surface area (Å²) >= 11 is 0. The fraction of sp³-hybridized carbons (Fsp3) is 0.500. The molecular weight excluding hydrogens is 228 g/mol. The highest BCUT2D eigenvalue weighted by molar-refractivity contribution is 5.89. The smallest absolute Gasteiger partial charge is 0.321 e. The summed E-state index contributed by atoms with van der Waals surface area (Å²) < 4.78 is 0. The molecule has 0 saturated carbocycles. The van der Waals surface area contributed by atoms with E-state index >= 15 is 0 Å². The third-order valence-electron chi connectivity index (χ3n) is 3.46. The number of rotatable bonds is 2. The van der Waals surface area contributed by atoms with E-state index in [-0.39, 0.29) is 12.6 Å². The van der Waals surface area contributed by atoms with Gasteiger partial charge in [-0.1, -0.05) is 17.7 Å². The maximum Gasteiger partial charge on any atom is 0.321 e. The molecule has 0 unspecified atom stereocenters. The highest BCUT2D eigenvalue weighted by atomic mass is 16.3. The minimum absolute atomic E-state index is 0.0461. The van der Waals surface area contributed by atoms with Crippen molar-refractivity contribution in [1.82, 2.24) is 4.90 Å². The molecule has 1 aromatic rings. The summed E-state index contributed by atoms with van der Waals surface area (Å²) in [7, 11) is 0. The lowest BCUT2D eigenvalue weighted by atomic mass is 9.98. The minimum atomic E-state index is -0.0461.